The molecule has 0 amide bonds. The van der Waals surface area contributed by atoms with Crippen LogP contribution in [0.2, 0.25) is 0 Å². The first-order chi connectivity index (χ1) is 5.74. The molecule has 3 heteroatoms. The molecule has 2 nitrogen and oxygen atoms in total. The normalized spacial score (nSPS) is 9.92. The van der Waals surface area contributed by atoms with E-state index in [2.05, 4.69) is 58.8 Å². The molecule has 1 aromatic carbocycles. The second kappa shape index (κ2) is 4.67. The summed E-state index contributed by atoms with van der Waals surface area (Å²) < 4.78 is 1.26. The van der Waals surface area contributed by atoms with Gasteiger partial charge in [0, 0.05) is 29.4 Å². The van der Waals surface area contributed by atoms with Gasteiger partial charge in [-0.3, -0.25) is 0 Å². The van der Waals surface area contributed by atoms with Crippen molar-refractivity contribution in [3.63, 3.8) is 0 Å². The van der Waals surface area contributed by atoms with Gasteiger partial charge in [-0.15, -0.1) is 0 Å². The summed E-state index contributed by atoms with van der Waals surface area (Å²) in [7, 11) is 2.05. The first-order valence-corrected chi connectivity index (χ1v) is 4.98. The van der Waals surface area contributed by atoms with Crippen molar-refractivity contribution in [3.05, 3.63) is 27.8 Å². The van der Waals surface area contributed by atoms with Crippen molar-refractivity contribution < 1.29 is 0 Å². The smallest absolute Gasteiger partial charge is 0.0364 e. The Morgan fingerprint density at radius 2 is 1.92 bits per heavy atom. The van der Waals surface area contributed by atoms with Gasteiger partial charge in [-0.05, 0) is 46.9 Å². The van der Waals surface area contributed by atoms with Crippen molar-refractivity contribution in [3.8, 4) is 0 Å². The van der Waals surface area contributed by atoms with Crippen molar-refractivity contribution in [2.75, 3.05) is 25.0 Å². The minimum atomic E-state index is 0.697. The van der Waals surface area contributed by atoms with Gasteiger partial charge < -0.3 is 10.6 Å². The maximum absolute atomic E-state index is 5.45. The summed E-state index contributed by atoms with van der Waals surface area (Å²) in [6.45, 7) is 1.60. The number of nitrogens with two attached hydrogens (primary N) is 1. The van der Waals surface area contributed by atoms with Crippen LogP contribution in [0.1, 0.15) is 0 Å². The van der Waals surface area contributed by atoms with Gasteiger partial charge >= 0.3 is 0 Å². The number of anilines is 1. The molecule has 1 rings (SSSR count). The fraction of sp³-hybridized carbons (Fsp3) is 0.333. The Labute approximate surface area is 86.9 Å². The van der Waals surface area contributed by atoms with E-state index in [0.29, 0.717) is 6.54 Å². The molecule has 1 aromatic rings. The first kappa shape index (κ1) is 9.80. The highest BCUT2D eigenvalue weighted by atomic mass is 127. The average Bonchev–Trinajstić information content (AvgIpc) is 2.06. The van der Waals surface area contributed by atoms with Crippen LogP contribution in [0.15, 0.2) is 24.3 Å². The molecule has 66 valence electrons. The van der Waals surface area contributed by atoms with E-state index in [9.17, 15) is 0 Å². The summed E-state index contributed by atoms with van der Waals surface area (Å²) in [5.74, 6) is 0. The van der Waals surface area contributed by atoms with Crippen LogP contribution in [0.5, 0.6) is 0 Å². The predicted octanol–water partition coefficient (Wildman–Crippen LogP) is 1.69. The van der Waals surface area contributed by atoms with E-state index < -0.39 is 0 Å². The molecule has 12 heavy (non-hydrogen) atoms. The SMILES string of the molecule is CN(CCN)c1ccc(I)cc1. The summed E-state index contributed by atoms with van der Waals surface area (Å²) in [5.41, 5.74) is 6.68. The number of halogens is 1. The van der Waals surface area contributed by atoms with Gasteiger partial charge in [-0.1, -0.05) is 0 Å². The quantitative estimate of drug-likeness (QED) is 0.851. The second-order valence-electron chi connectivity index (χ2n) is 2.69. The number of benzene rings is 1. The molecule has 0 aliphatic heterocycles. The fourth-order valence-electron chi connectivity index (χ4n) is 1.02. The number of nitrogens with zero attached hydrogens (tertiary/aromatic N) is 1. The topological polar surface area (TPSA) is 29.3 Å². The molecule has 0 aliphatic carbocycles. The van der Waals surface area contributed by atoms with Crippen molar-refractivity contribution in [2.24, 2.45) is 5.73 Å². The maximum Gasteiger partial charge on any atom is 0.0364 e. The Morgan fingerprint density at radius 3 is 2.42 bits per heavy atom. The molecular weight excluding hydrogens is 263 g/mol. The van der Waals surface area contributed by atoms with Gasteiger partial charge in [0.1, 0.15) is 0 Å². The summed E-state index contributed by atoms with van der Waals surface area (Å²) in [6.07, 6.45) is 0. The maximum atomic E-state index is 5.45. The average molecular weight is 276 g/mol. The molecule has 0 spiro atoms. The second-order valence-corrected chi connectivity index (χ2v) is 3.93. The zero-order valence-corrected chi connectivity index (χ0v) is 9.28. The molecule has 0 aromatic heterocycles. The zero-order valence-electron chi connectivity index (χ0n) is 7.13. The first-order valence-electron chi connectivity index (χ1n) is 3.91. The highest BCUT2D eigenvalue weighted by molar-refractivity contribution is 14.1. The van der Waals surface area contributed by atoms with Gasteiger partial charge in [-0.25, -0.2) is 0 Å². The summed E-state index contributed by atoms with van der Waals surface area (Å²) in [4.78, 5) is 2.15. The number of rotatable bonds is 3. The van der Waals surface area contributed by atoms with Gasteiger partial charge in [0.15, 0.2) is 0 Å². The van der Waals surface area contributed by atoms with E-state index in [4.69, 9.17) is 5.73 Å². The van der Waals surface area contributed by atoms with Gasteiger partial charge in [0.25, 0.3) is 0 Å². The van der Waals surface area contributed by atoms with Gasteiger partial charge in [0.05, 0.1) is 0 Å². The lowest BCUT2D eigenvalue weighted by atomic mass is 10.3. The number of likely N-dealkylation sites (N-methyl/N-ethyl adjacent to an activating group) is 1. The highest BCUT2D eigenvalue weighted by Gasteiger charge is 1.97. The molecule has 0 aliphatic rings. The lowest BCUT2D eigenvalue weighted by molar-refractivity contribution is 0.886. The Hall–Kier alpha value is -0.290. The lowest BCUT2D eigenvalue weighted by Crippen LogP contribution is -2.24. The third kappa shape index (κ3) is 2.64. The largest absolute Gasteiger partial charge is 0.373 e. The minimum Gasteiger partial charge on any atom is -0.373 e. The highest BCUT2D eigenvalue weighted by Crippen LogP contribution is 2.14. The Kier molecular flexibility index (Phi) is 3.81. The van der Waals surface area contributed by atoms with Crippen LogP contribution in [0.25, 0.3) is 0 Å². The summed E-state index contributed by atoms with van der Waals surface area (Å²) >= 11 is 2.30. The van der Waals surface area contributed by atoms with Crippen molar-refractivity contribution in [2.45, 2.75) is 0 Å². The number of hydrogen-bond donors (Lipinski definition) is 1. The van der Waals surface area contributed by atoms with E-state index in [1.807, 2.05) is 0 Å². The van der Waals surface area contributed by atoms with E-state index >= 15 is 0 Å². The van der Waals surface area contributed by atoms with Crippen LogP contribution in [-0.4, -0.2) is 20.1 Å². The van der Waals surface area contributed by atoms with E-state index in [1.54, 1.807) is 0 Å². The molecule has 0 bridgehead atoms. The van der Waals surface area contributed by atoms with E-state index in [1.165, 1.54) is 9.26 Å². The van der Waals surface area contributed by atoms with Gasteiger partial charge in [0.2, 0.25) is 0 Å². The summed E-state index contributed by atoms with van der Waals surface area (Å²) in [5, 5.41) is 0. The van der Waals surface area contributed by atoms with Crippen molar-refractivity contribution >= 4 is 28.3 Å². The van der Waals surface area contributed by atoms with Crippen LogP contribution in [0, 0.1) is 3.57 Å². The standard InChI is InChI=1S/C9H13IN2/c1-12(7-6-11)9-4-2-8(10)3-5-9/h2-5H,6-7,11H2,1H3. The number of hydrogen-bond acceptors (Lipinski definition) is 2. The van der Waals surface area contributed by atoms with Crippen LogP contribution in [0.3, 0.4) is 0 Å². The van der Waals surface area contributed by atoms with E-state index in [0.717, 1.165) is 6.54 Å². The molecule has 0 radical (unpaired) electrons. The van der Waals surface area contributed by atoms with Crippen LogP contribution in [0.4, 0.5) is 5.69 Å². The Bertz CT molecular complexity index is 233. The van der Waals surface area contributed by atoms with Crippen LogP contribution in [-0.2, 0) is 0 Å². The van der Waals surface area contributed by atoms with E-state index in [-0.39, 0.29) is 0 Å². The van der Waals surface area contributed by atoms with Crippen LogP contribution >= 0.6 is 22.6 Å². The molecule has 0 saturated heterocycles. The Morgan fingerprint density at radius 1 is 1.33 bits per heavy atom. The van der Waals surface area contributed by atoms with Crippen LogP contribution < -0.4 is 10.6 Å². The zero-order chi connectivity index (χ0) is 8.97. The lowest BCUT2D eigenvalue weighted by Gasteiger charge is -2.17. The fourth-order valence-corrected chi connectivity index (χ4v) is 1.38. The predicted molar refractivity (Wildman–Crippen MR) is 61.5 cm³/mol. The molecule has 0 saturated carbocycles. The molecule has 0 atom stereocenters. The molecule has 0 fully saturated rings. The molecule has 0 heterocycles. The molecule has 0 unspecified atom stereocenters. The van der Waals surface area contributed by atoms with Crippen molar-refractivity contribution in [1.29, 1.82) is 0 Å². The van der Waals surface area contributed by atoms with Crippen molar-refractivity contribution in [1.82, 2.24) is 0 Å². The minimum absolute atomic E-state index is 0.697. The monoisotopic (exact) mass is 276 g/mol. The third-order valence-corrected chi connectivity index (χ3v) is 2.45. The molecule has 2 N–H and O–H groups in total. The summed E-state index contributed by atoms with van der Waals surface area (Å²) in [6, 6.07) is 8.42. The molecular formula is C9H13IN2. The third-order valence-electron chi connectivity index (χ3n) is 1.73. The Balaban J connectivity index is 2.68. The van der Waals surface area contributed by atoms with Gasteiger partial charge in [-0.2, -0.15) is 0 Å².